The molecule has 4 nitrogen and oxygen atoms in total. The summed E-state index contributed by atoms with van der Waals surface area (Å²) >= 11 is 0. The van der Waals surface area contributed by atoms with Gasteiger partial charge >= 0.3 is 0 Å². The first-order chi connectivity index (χ1) is 7.79. The smallest absolute Gasteiger partial charge is 0.241 e. The molecule has 1 aliphatic rings. The standard InChI is InChI=1S/C12H16N2O2/c15-8-9-3-5-10(6-4-9)14-12(16)11-2-1-7-13-11/h3-6,11,13,15H,1-2,7-8H2,(H,14,16)/t11-/m0/s1. The summed E-state index contributed by atoms with van der Waals surface area (Å²) in [5.41, 5.74) is 1.62. The Morgan fingerprint density at radius 3 is 2.75 bits per heavy atom. The highest BCUT2D eigenvalue weighted by molar-refractivity contribution is 5.94. The highest BCUT2D eigenvalue weighted by Crippen LogP contribution is 2.12. The zero-order chi connectivity index (χ0) is 11.4. The van der Waals surface area contributed by atoms with Crippen LogP contribution in [0.2, 0.25) is 0 Å². The summed E-state index contributed by atoms with van der Waals surface area (Å²) in [4.78, 5) is 11.7. The number of benzene rings is 1. The number of carbonyl (C=O) groups excluding carboxylic acids is 1. The van der Waals surface area contributed by atoms with E-state index in [0.29, 0.717) is 0 Å². The number of nitrogens with one attached hydrogen (secondary N) is 2. The van der Waals surface area contributed by atoms with Crippen LogP contribution in [0.3, 0.4) is 0 Å². The maximum absolute atomic E-state index is 11.7. The molecular weight excluding hydrogens is 204 g/mol. The Hall–Kier alpha value is -1.39. The predicted molar refractivity (Wildman–Crippen MR) is 62.0 cm³/mol. The van der Waals surface area contributed by atoms with E-state index in [-0.39, 0.29) is 18.6 Å². The molecule has 4 heteroatoms. The van der Waals surface area contributed by atoms with E-state index in [4.69, 9.17) is 5.11 Å². The molecule has 0 unspecified atom stereocenters. The lowest BCUT2D eigenvalue weighted by Crippen LogP contribution is -2.35. The monoisotopic (exact) mass is 220 g/mol. The molecule has 3 N–H and O–H groups in total. The van der Waals surface area contributed by atoms with Gasteiger partial charge in [0.2, 0.25) is 5.91 Å². The average Bonchev–Trinajstić information content (AvgIpc) is 2.83. The molecule has 0 aromatic heterocycles. The van der Waals surface area contributed by atoms with Gasteiger partial charge in [-0.15, -0.1) is 0 Å². The van der Waals surface area contributed by atoms with Gasteiger partial charge in [0.05, 0.1) is 12.6 Å². The van der Waals surface area contributed by atoms with Crippen LogP contribution in [0.25, 0.3) is 0 Å². The van der Waals surface area contributed by atoms with Crippen molar-refractivity contribution in [3.8, 4) is 0 Å². The quantitative estimate of drug-likeness (QED) is 0.708. The predicted octanol–water partition coefficient (Wildman–Crippen LogP) is 0.869. The van der Waals surface area contributed by atoms with Crippen molar-refractivity contribution >= 4 is 11.6 Å². The van der Waals surface area contributed by atoms with Crippen molar-refractivity contribution < 1.29 is 9.90 Å². The van der Waals surface area contributed by atoms with E-state index in [0.717, 1.165) is 30.6 Å². The first kappa shape index (κ1) is 11.1. The van der Waals surface area contributed by atoms with Gasteiger partial charge in [-0.2, -0.15) is 0 Å². The van der Waals surface area contributed by atoms with Crippen LogP contribution in [-0.4, -0.2) is 23.6 Å². The molecule has 0 saturated carbocycles. The second kappa shape index (κ2) is 5.09. The fraction of sp³-hybridized carbons (Fsp3) is 0.417. The van der Waals surface area contributed by atoms with Crippen LogP contribution in [0.4, 0.5) is 5.69 Å². The first-order valence-electron chi connectivity index (χ1n) is 5.53. The molecule has 1 heterocycles. The summed E-state index contributed by atoms with van der Waals surface area (Å²) in [5.74, 6) is 0.0225. The molecule has 0 spiro atoms. The SMILES string of the molecule is O=C(Nc1ccc(CO)cc1)[C@@H]1CCCN1. The number of aliphatic hydroxyl groups excluding tert-OH is 1. The molecule has 16 heavy (non-hydrogen) atoms. The molecule has 86 valence electrons. The third-order valence-electron chi connectivity index (χ3n) is 2.78. The molecule has 1 saturated heterocycles. The summed E-state index contributed by atoms with van der Waals surface area (Å²) in [6.07, 6.45) is 1.96. The first-order valence-corrected chi connectivity index (χ1v) is 5.53. The van der Waals surface area contributed by atoms with Crippen molar-refractivity contribution in [3.63, 3.8) is 0 Å². The average molecular weight is 220 g/mol. The topological polar surface area (TPSA) is 61.4 Å². The number of anilines is 1. The molecule has 1 atom stereocenters. The van der Waals surface area contributed by atoms with Crippen molar-refractivity contribution in [2.24, 2.45) is 0 Å². The molecule has 1 amide bonds. The second-order valence-electron chi connectivity index (χ2n) is 3.99. The van der Waals surface area contributed by atoms with E-state index in [1.165, 1.54) is 0 Å². The van der Waals surface area contributed by atoms with Crippen molar-refractivity contribution in [2.45, 2.75) is 25.5 Å². The molecule has 1 fully saturated rings. The number of hydrogen-bond donors (Lipinski definition) is 3. The van der Waals surface area contributed by atoms with Gasteiger partial charge in [0.15, 0.2) is 0 Å². The number of amides is 1. The lowest BCUT2D eigenvalue weighted by atomic mass is 10.2. The normalized spacial score (nSPS) is 19.7. The van der Waals surface area contributed by atoms with Gasteiger partial charge in [-0.05, 0) is 37.1 Å². The van der Waals surface area contributed by atoms with Crippen LogP contribution in [0.1, 0.15) is 18.4 Å². The van der Waals surface area contributed by atoms with E-state index in [1.54, 1.807) is 24.3 Å². The third kappa shape index (κ3) is 2.59. The van der Waals surface area contributed by atoms with Crippen LogP contribution in [0, 0.1) is 0 Å². The van der Waals surface area contributed by atoms with Crippen LogP contribution in [0.5, 0.6) is 0 Å². The Morgan fingerprint density at radius 1 is 1.44 bits per heavy atom. The van der Waals surface area contributed by atoms with Crippen LogP contribution < -0.4 is 10.6 Å². The minimum Gasteiger partial charge on any atom is -0.392 e. The molecule has 1 aliphatic heterocycles. The van der Waals surface area contributed by atoms with Gasteiger partial charge in [0.25, 0.3) is 0 Å². The summed E-state index contributed by atoms with van der Waals surface area (Å²) in [6.45, 7) is 0.944. The molecule has 1 aromatic carbocycles. The van der Waals surface area contributed by atoms with E-state index < -0.39 is 0 Å². The summed E-state index contributed by atoms with van der Waals surface area (Å²) < 4.78 is 0. The Labute approximate surface area is 94.7 Å². The van der Waals surface area contributed by atoms with Gasteiger partial charge in [-0.1, -0.05) is 12.1 Å². The lowest BCUT2D eigenvalue weighted by molar-refractivity contribution is -0.117. The largest absolute Gasteiger partial charge is 0.392 e. The summed E-state index contributed by atoms with van der Waals surface area (Å²) in [6, 6.07) is 7.16. The Balaban J connectivity index is 1.94. The van der Waals surface area contributed by atoms with Gasteiger partial charge in [-0.3, -0.25) is 4.79 Å². The molecule has 2 rings (SSSR count). The van der Waals surface area contributed by atoms with Crippen molar-refractivity contribution in [2.75, 3.05) is 11.9 Å². The highest BCUT2D eigenvalue weighted by Gasteiger charge is 2.21. The van der Waals surface area contributed by atoms with Crippen LogP contribution in [0.15, 0.2) is 24.3 Å². The Bertz CT molecular complexity index is 356. The molecule has 0 bridgehead atoms. The van der Waals surface area contributed by atoms with Gasteiger partial charge in [0.1, 0.15) is 0 Å². The third-order valence-corrected chi connectivity index (χ3v) is 2.78. The zero-order valence-corrected chi connectivity index (χ0v) is 9.07. The maximum atomic E-state index is 11.7. The molecule has 1 aromatic rings. The Kier molecular flexibility index (Phi) is 3.54. The van der Waals surface area contributed by atoms with E-state index >= 15 is 0 Å². The maximum Gasteiger partial charge on any atom is 0.241 e. The number of rotatable bonds is 3. The van der Waals surface area contributed by atoms with E-state index in [2.05, 4.69) is 10.6 Å². The minimum absolute atomic E-state index is 0.0225. The fourth-order valence-corrected chi connectivity index (χ4v) is 1.83. The van der Waals surface area contributed by atoms with Crippen molar-refractivity contribution in [1.82, 2.24) is 5.32 Å². The molecular formula is C12H16N2O2. The van der Waals surface area contributed by atoms with E-state index in [9.17, 15) is 4.79 Å². The number of carbonyl (C=O) groups is 1. The zero-order valence-electron chi connectivity index (χ0n) is 9.07. The highest BCUT2D eigenvalue weighted by atomic mass is 16.3. The lowest BCUT2D eigenvalue weighted by Gasteiger charge is -2.11. The van der Waals surface area contributed by atoms with Crippen LogP contribution >= 0.6 is 0 Å². The summed E-state index contributed by atoms with van der Waals surface area (Å²) in [7, 11) is 0. The summed E-state index contributed by atoms with van der Waals surface area (Å²) in [5, 5.41) is 14.9. The number of aliphatic hydroxyl groups is 1. The van der Waals surface area contributed by atoms with Gasteiger partial charge < -0.3 is 15.7 Å². The number of hydrogen-bond acceptors (Lipinski definition) is 3. The van der Waals surface area contributed by atoms with Crippen molar-refractivity contribution in [1.29, 1.82) is 0 Å². The molecule has 0 aliphatic carbocycles. The van der Waals surface area contributed by atoms with Gasteiger partial charge in [-0.25, -0.2) is 0 Å². The minimum atomic E-state index is -0.0579. The van der Waals surface area contributed by atoms with Gasteiger partial charge in [0, 0.05) is 5.69 Å². The van der Waals surface area contributed by atoms with Crippen LogP contribution in [-0.2, 0) is 11.4 Å². The van der Waals surface area contributed by atoms with Crippen molar-refractivity contribution in [3.05, 3.63) is 29.8 Å². The van der Waals surface area contributed by atoms with E-state index in [1.807, 2.05) is 0 Å². The molecule has 0 radical (unpaired) electrons. The fourth-order valence-electron chi connectivity index (χ4n) is 1.83. The second-order valence-corrected chi connectivity index (χ2v) is 3.99. The Morgan fingerprint density at radius 2 is 2.19 bits per heavy atom.